The molecule has 2 N–H and O–H groups in total. The lowest BCUT2D eigenvalue weighted by molar-refractivity contribution is -0.138. The number of carbonyl (C=O) groups excluding carboxylic acids is 3. The van der Waals surface area contributed by atoms with Crippen LogP contribution >= 0.6 is 12.6 Å². The first kappa shape index (κ1) is 27.4. The summed E-state index contributed by atoms with van der Waals surface area (Å²) in [6, 6.07) is 5.72. The van der Waals surface area contributed by atoms with Crippen molar-refractivity contribution in [3.63, 3.8) is 0 Å². The number of nitrogens with zero attached hydrogens (tertiary/aromatic N) is 1. The molecule has 2 atom stereocenters. The molecule has 176 valence electrons. The average Bonchev–Trinajstić information content (AvgIpc) is 2.70. The van der Waals surface area contributed by atoms with Gasteiger partial charge in [-0.3, -0.25) is 14.5 Å². The summed E-state index contributed by atoms with van der Waals surface area (Å²) in [5, 5.41) is 5.36. The molecule has 3 amide bonds. The normalized spacial score (nSPS) is 12.8. The molecule has 8 heteroatoms. The van der Waals surface area contributed by atoms with Crippen LogP contribution in [-0.2, 0) is 14.3 Å². The Balaban J connectivity index is 3.26. The van der Waals surface area contributed by atoms with E-state index >= 15 is 0 Å². The van der Waals surface area contributed by atoms with Gasteiger partial charge in [0.25, 0.3) is 5.91 Å². The van der Waals surface area contributed by atoms with Gasteiger partial charge in [0.2, 0.25) is 5.91 Å². The minimum absolute atomic E-state index is 0.0205. The number of hydrogen-bond donors (Lipinski definition) is 3. The van der Waals surface area contributed by atoms with Crippen molar-refractivity contribution in [3.8, 4) is 12.5 Å². The zero-order chi connectivity index (χ0) is 24.5. The van der Waals surface area contributed by atoms with Crippen molar-refractivity contribution >= 4 is 30.5 Å². The highest BCUT2D eigenvalue weighted by molar-refractivity contribution is 7.80. The molecule has 0 aliphatic heterocycles. The highest BCUT2D eigenvalue weighted by atomic mass is 32.1. The first-order valence-corrected chi connectivity index (χ1v) is 11.3. The van der Waals surface area contributed by atoms with E-state index in [9.17, 15) is 14.4 Å². The number of hydrogen-bond acceptors (Lipinski definition) is 5. The van der Waals surface area contributed by atoms with E-state index in [0.717, 1.165) is 28.9 Å². The van der Waals surface area contributed by atoms with Gasteiger partial charge in [-0.25, -0.2) is 4.79 Å². The molecule has 1 aromatic rings. The standard InChI is InChI=1S/C24H35N3O4S/c1-8-10-13-25-21(28)20(18-12-11-16(3)17(4)14-18)27(9-2)22(29)19(15-32)26-23(30)31-24(5,6)7/h2,11-12,14,19-20,32H,8,10,13,15H2,1,3-7H3,(H,25,28)(H,26,30). The van der Waals surface area contributed by atoms with Crippen molar-refractivity contribution in [2.24, 2.45) is 0 Å². The van der Waals surface area contributed by atoms with Crippen molar-refractivity contribution < 1.29 is 19.1 Å². The van der Waals surface area contributed by atoms with Crippen LogP contribution in [0.3, 0.4) is 0 Å². The van der Waals surface area contributed by atoms with Crippen molar-refractivity contribution in [1.82, 2.24) is 15.5 Å². The van der Waals surface area contributed by atoms with Crippen molar-refractivity contribution in [1.29, 1.82) is 0 Å². The van der Waals surface area contributed by atoms with Crippen LogP contribution in [0.1, 0.15) is 63.3 Å². The summed E-state index contributed by atoms with van der Waals surface area (Å²) in [5.41, 5.74) is 1.87. The smallest absolute Gasteiger partial charge is 0.408 e. The molecule has 0 radical (unpaired) electrons. The van der Waals surface area contributed by atoms with E-state index in [1.165, 1.54) is 0 Å². The van der Waals surface area contributed by atoms with Crippen LogP contribution in [0.5, 0.6) is 0 Å². The van der Waals surface area contributed by atoms with E-state index in [2.05, 4.69) is 29.3 Å². The van der Waals surface area contributed by atoms with Crippen molar-refractivity contribution in [3.05, 3.63) is 34.9 Å². The maximum atomic E-state index is 13.3. The van der Waals surface area contributed by atoms with Crippen LogP contribution in [0, 0.1) is 26.3 Å². The second kappa shape index (κ2) is 12.4. The van der Waals surface area contributed by atoms with Gasteiger partial charge in [-0.1, -0.05) is 38.0 Å². The molecule has 0 fully saturated rings. The van der Waals surface area contributed by atoms with E-state index in [-0.39, 0.29) is 11.7 Å². The van der Waals surface area contributed by atoms with Gasteiger partial charge in [0, 0.05) is 18.3 Å². The maximum absolute atomic E-state index is 13.3. The Morgan fingerprint density at radius 3 is 2.38 bits per heavy atom. The zero-order valence-corrected chi connectivity index (χ0v) is 20.7. The van der Waals surface area contributed by atoms with E-state index < -0.39 is 29.7 Å². The topological polar surface area (TPSA) is 87.7 Å². The van der Waals surface area contributed by atoms with Gasteiger partial charge in [0.15, 0.2) is 0 Å². The molecule has 0 spiro atoms. The lowest BCUT2D eigenvalue weighted by atomic mass is 9.99. The summed E-state index contributed by atoms with van der Waals surface area (Å²) in [4.78, 5) is 39.6. The monoisotopic (exact) mass is 461 g/mol. The Kier molecular flexibility index (Phi) is 10.6. The molecule has 0 saturated heterocycles. The SMILES string of the molecule is C#CN(C(=O)C(CS)NC(=O)OC(C)(C)C)C(C(=O)NCCCC)c1ccc(C)c(C)c1. The molecule has 1 aromatic carbocycles. The molecule has 0 bridgehead atoms. The number of thiol groups is 1. The van der Waals surface area contributed by atoms with Crippen LogP contribution < -0.4 is 10.6 Å². The molecule has 0 saturated carbocycles. The van der Waals surface area contributed by atoms with Gasteiger partial charge >= 0.3 is 6.09 Å². The Morgan fingerprint density at radius 2 is 1.88 bits per heavy atom. The maximum Gasteiger partial charge on any atom is 0.408 e. The summed E-state index contributed by atoms with van der Waals surface area (Å²) in [5.74, 6) is -1.03. The predicted octanol–water partition coefficient (Wildman–Crippen LogP) is 3.50. The van der Waals surface area contributed by atoms with Gasteiger partial charge in [-0.2, -0.15) is 12.6 Å². The van der Waals surface area contributed by atoms with Crippen molar-refractivity contribution in [2.45, 2.75) is 72.1 Å². The van der Waals surface area contributed by atoms with Crippen molar-refractivity contribution in [2.75, 3.05) is 12.3 Å². The molecule has 0 aromatic heterocycles. The summed E-state index contributed by atoms with van der Waals surface area (Å²) < 4.78 is 5.23. The second-order valence-electron chi connectivity index (χ2n) is 8.61. The molecule has 0 heterocycles. The molecule has 0 aliphatic rings. The average molecular weight is 462 g/mol. The fraction of sp³-hybridized carbons (Fsp3) is 0.542. The summed E-state index contributed by atoms with van der Waals surface area (Å²) in [6.07, 6.45) is 6.65. The zero-order valence-electron chi connectivity index (χ0n) is 19.8. The van der Waals surface area contributed by atoms with Gasteiger partial charge < -0.3 is 15.4 Å². The van der Waals surface area contributed by atoms with E-state index in [1.54, 1.807) is 26.8 Å². The molecule has 32 heavy (non-hydrogen) atoms. The number of unbranched alkanes of at least 4 members (excludes halogenated alkanes) is 1. The first-order chi connectivity index (χ1) is 14.9. The van der Waals surface area contributed by atoms with E-state index in [4.69, 9.17) is 11.2 Å². The lowest BCUT2D eigenvalue weighted by Gasteiger charge is -2.30. The number of terminal acetylenes is 1. The lowest BCUT2D eigenvalue weighted by Crippen LogP contribution is -2.52. The highest BCUT2D eigenvalue weighted by Gasteiger charge is 2.35. The summed E-state index contributed by atoms with van der Waals surface area (Å²) in [6.45, 7) is 11.5. The third-order valence-electron chi connectivity index (χ3n) is 4.73. The third kappa shape index (κ3) is 8.12. The van der Waals surface area contributed by atoms with Gasteiger partial charge in [0.05, 0.1) is 0 Å². The summed E-state index contributed by atoms with van der Waals surface area (Å²) >= 11 is 4.19. The number of benzene rings is 1. The van der Waals surface area contributed by atoms with Crippen LogP contribution in [0.25, 0.3) is 0 Å². The van der Waals surface area contributed by atoms with Crippen LogP contribution in [0.2, 0.25) is 0 Å². The Hall–Kier alpha value is -2.66. The van der Waals surface area contributed by atoms with Crippen LogP contribution in [0.4, 0.5) is 4.79 Å². The molecule has 1 rings (SSSR count). The van der Waals surface area contributed by atoms with E-state index in [1.807, 2.05) is 32.9 Å². The Labute approximate surface area is 197 Å². The number of rotatable bonds is 9. The fourth-order valence-corrected chi connectivity index (χ4v) is 3.15. The largest absolute Gasteiger partial charge is 0.444 e. The highest BCUT2D eigenvalue weighted by Crippen LogP contribution is 2.24. The number of aryl methyl sites for hydroxylation is 2. The molecule has 2 unspecified atom stereocenters. The quantitative estimate of drug-likeness (QED) is 0.227. The van der Waals surface area contributed by atoms with Gasteiger partial charge in [0.1, 0.15) is 17.7 Å². The number of ether oxygens (including phenoxy) is 1. The third-order valence-corrected chi connectivity index (χ3v) is 5.10. The Bertz CT molecular complexity index is 858. The fourth-order valence-electron chi connectivity index (χ4n) is 2.91. The number of nitrogens with one attached hydrogen (secondary N) is 2. The van der Waals surface area contributed by atoms with Crippen LogP contribution in [0.15, 0.2) is 18.2 Å². The Morgan fingerprint density at radius 1 is 1.22 bits per heavy atom. The van der Waals surface area contributed by atoms with Gasteiger partial charge in [-0.15, -0.1) is 0 Å². The minimum Gasteiger partial charge on any atom is -0.444 e. The first-order valence-electron chi connectivity index (χ1n) is 10.7. The molecular formula is C24H35N3O4S. The molecular weight excluding hydrogens is 426 g/mol. The van der Waals surface area contributed by atoms with Crippen LogP contribution in [-0.4, -0.2) is 46.7 Å². The predicted molar refractivity (Wildman–Crippen MR) is 129 cm³/mol. The van der Waals surface area contributed by atoms with E-state index in [0.29, 0.717) is 12.1 Å². The molecule has 0 aliphatic carbocycles. The second-order valence-corrected chi connectivity index (χ2v) is 8.97. The minimum atomic E-state index is -1.07. The number of carbonyl (C=O) groups is 3. The van der Waals surface area contributed by atoms with Gasteiger partial charge in [-0.05, 0) is 57.7 Å². The summed E-state index contributed by atoms with van der Waals surface area (Å²) in [7, 11) is 0. The molecule has 7 nitrogen and oxygen atoms in total. The number of amides is 3. The number of alkyl carbamates (subject to hydrolysis) is 1.